The van der Waals surface area contributed by atoms with Gasteiger partial charge in [0.25, 0.3) is 11.7 Å². The highest BCUT2D eigenvalue weighted by Gasteiger charge is 2.53. The Morgan fingerprint density at radius 1 is 0.847 bits per heavy atom. The van der Waals surface area contributed by atoms with Crippen LogP contribution in [0, 0.1) is 35.5 Å². The Hall–Kier alpha value is -4.15. The van der Waals surface area contributed by atoms with Crippen LogP contribution >= 0.6 is 0 Å². The van der Waals surface area contributed by atoms with Gasteiger partial charge in [-0.25, -0.2) is 4.79 Å². The van der Waals surface area contributed by atoms with Gasteiger partial charge in [-0.05, 0) is 119 Å². The second-order valence-electron chi connectivity index (χ2n) is 21.5. The standard InChI is InChI=1S/C58H85NO13/c1-36-18-12-10-13-19-37(2)49(70-29-27-43-20-14-11-15-21-43)34-45-25-23-42(7)58(67,72-45)55(64)56(65)59-28-17-16-22-46(59)57(66)71-50(39(4)32-44-24-26-47(60)51(33-44)68-8)35-48(61)38(3)31-41(6)53(63)54(69-9)52(62)40(5)30-36/h10-15,18-21,31,36,38-40,42,44-47,49-51,53-54,60,63,67H,16-17,22-30,32-35H2,1-9H3/b13-10+,18-12+,37-19+,41-31+/t36-,38-,39?,40-,42-,44+,45+,46+,47-,49+,50+,51-,53-,54+,58-/m1/s1. The first kappa shape index (κ1) is 58.7. The zero-order chi connectivity index (χ0) is 52.7. The summed E-state index contributed by atoms with van der Waals surface area (Å²) in [5.74, 6) is -8.08. The largest absolute Gasteiger partial charge is 0.460 e. The number of hydrogen-bond donors (Lipinski definition) is 3. The lowest BCUT2D eigenvalue weighted by atomic mass is 9.78. The van der Waals surface area contributed by atoms with E-state index in [0.717, 1.165) is 17.6 Å². The Kier molecular flexibility index (Phi) is 22.8. The summed E-state index contributed by atoms with van der Waals surface area (Å²) < 4.78 is 30.3. The van der Waals surface area contributed by atoms with Crippen molar-refractivity contribution in [2.45, 2.75) is 186 Å². The van der Waals surface area contributed by atoms with E-state index < -0.39 is 83.9 Å². The number of ketones is 3. The average molecular weight is 1000 g/mol. The van der Waals surface area contributed by atoms with Gasteiger partial charge in [0.2, 0.25) is 5.79 Å². The van der Waals surface area contributed by atoms with E-state index in [1.807, 2.05) is 88.4 Å². The molecule has 0 radical (unpaired) electrons. The average Bonchev–Trinajstić information content (AvgIpc) is 3.36. The summed E-state index contributed by atoms with van der Waals surface area (Å²) in [5.41, 5.74) is 2.39. The molecular weight excluding hydrogens is 919 g/mol. The summed E-state index contributed by atoms with van der Waals surface area (Å²) in [6, 6.07) is 8.83. The summed E-state index contributed by atoms with van der Waals surface area (Å²) in [4.78, 5) is 72.6. The lowest BCUT2D eigenvalue weighted by Crippen LogP contribution is -2.61. The molecule has 0 spiro atoms. The highest BCUT2D eigenvalue weighted by Crippen LogP contribution is 2.38. The number of hydrogen-bond acceptors (Lipinski definition) is 13. The van der Waals surface area contributed by atoms with Gasteiger partial charge in [-0.3, -0.25) is 19.2 Å². The number of benzene rings is 1. The molecule has 0 aromatic heterocycles. The van der Waals surface area contributed by atoms with Crippen molar-refractivity contribution in [2.24, 2.45) is 35.5 Å². The fraction of sp³-hybridized carbons (Fsp3) is 0.672. The van der Waals surface area contributed by atoms with Crippen molar-refractivity contribution >= 4 is 29.2 Å². The molecule has 1 unspecified atom stereocenters. The normalized spacial score (nSPS) is 37.6. The molecule has 4 aliphatic rings. The number of rotatable bonds is 9. The fourth-order valence-electron chi connectivity index (χ4n) is 11.0. The molecule has 3 fully saturated rings. The van der Waals surface area contributed by atoms with E-state index in [4.69, 9.17) is 23.7 Å². The van der Waals surface area contributed by atoms with E-state index in [9.17, 15) is 39.3 Å². The Labute approximate surface area is 428 Å². The molecule has 72 heavy (non-hydrogen) atoms. The fourth-order valence-corrected chi connectivity index (χ4v) is 11.0. The topological polar surface area (TPSA) is 195 Å². The van der Waals surface area contributed by atoms with Crippen molar-refractivity contribution in [1.82, 2.24) is 4.90 Å². The molecule has 2 saturated heterocycles. The molecule has 1 aromatic carbocycles. The second kappa shape index (κ2) is 27.9. The molecule has 1 amide bonds. The zero-order valence-corrected chi connectivity index (χ0v) is 44.4. The summed E-state index contributed by atoms with van der Waals surface area (Å²) in [5, 5.41) is 34.2. The third kappa shape index (κ3) is 15.9. The number of carbonyl (C=O) groups is 5. The summed E-state index contributed by atoms with van der Waals surface area (Å²) in [6.07, 6.45) is 11.8. The van der Waals surface area contributed by atoms with Crippen LogP contribution in [-0.4, -0.2) is 131 Å². The maximum absolute atomic E-state index is 14.5. The molecule has 400 valence electrons. The maximum Gasteiger partial charge on any atom is 0.329 e. The number of nitrogens with zero attached hydrogens (tertiary/aromatic N) is 1. The minimum absolute atomic E-state index is 0.00296. The molecule has 3 heterocycles. The number of Topliss-reactive ketones (excluding diaryl/α,β-unsaturated/α-hetero) is 3. The Morgan fingerprint density at radius 2 is 1.58 bits per heavy atom. The second-order valence-corrected chi connectivity index (χ2v) is 21.5. The van der Waals surface area contributed by atoms with Crippen LogP contribution in [0.5, 0.6) is 0 Å². The quantitative estimate of drug-likeness (QED) is 0.123. The Morgan fingerprint density at radius 3 is 2.29 bits per heavy atom. The van der Waals surface area contributed by atoms with Crippen molar-refractivity contribution < 1.29 is 63.0 Å². The number of aliphatic hydroxyl groups excluding tert-OH is 2. The number of allylic oxidation sites excluding steroid dienone is 6. The summed E-state index contributed by atoms with van der Waals surface area (Å²) in [7, 11) is 2.95. The van der Waals surface area contributed by atoms with E-state index in [2.05, 4.69) is 0 Å². The van der Waals surface area contributed by atoms with E-state index >= 15 is 0 Å². The number of aliphatic hydroxyl groups is 3. The first-order valence-corrected chi connectivity index (χ1v) is 26.6. The third-order valence-corrected chi connectivity index (χ3v) is 15.7. The number of piperidine rings is 1. The van der Waals surface area contributed by atoms with E-state index in [0.29, 0.717) is 76.4 Å². The smallest absolute Gasteiger partial charge is 0.329 e. The van der Waals surface area contributed by atoms with Crippen molar-refractivity contribution in [3.63, 3.8) is 0 Å². The number of fused-ring (bicyclic) bond motifs is 3. The molecule has 2 bridgehead atoms. The molecule has 15 atom stereocenters. The first-order valence-electron chi connectivity index (χ1n) is 26.6. The molecular formula is C58H85NO13. The molecule has 1 aliphatic carbocycles. The minimum atomic E-state index is -2.46. The molecule has 1 saturated carbocycles. The Balaban J connectivity index is 1.48. The van der Waals surface area contributed by atoms with Gasteiger partial charge >= 0.3 is 5.97 Å². The molecule has 14 heteroatoms. The van der Waals surface area contributed by atoms with Gasteiger partial charge in [-0.15, -0.1) is 0 Å². The molecule has 1 aromatic rings. The minimum Gasteiger partial charge on any atom is -0.460 e. The number of ether oxygens (including phenoxy) is 5. The SMILES string of the molecule is CO[C@@H]1C[C@H](CC(C)[C@@H]2CC(=O)[C@H](C)/C=C(\C)[C@@H](O)[C@@H](OC)C(=O)[C@H](C)C[C@H](C)/C=C/C=C/C=C(\C)[C@@H](OCCc3ccccc3)C[C@@H]3CC[C@@H](C)[C@@](O)(O3)C(=O)C(=O)N3CCCC[C@H]3C(=O)O2)CC[C@H]1O. The van der Waals surface area contributed by atoms with Gasteiger partial charge in [0.15, 0.2) is 5.78 Å². The summed E-state index contributed by atoms with van der Waals surface area (Å²) in [6.45, 7) is 13.2. The van der Waals surface area contributed by atoms with Crippen molar-refractivity contribution in [3.8, 4) is 0 Å². The highest BCUT2D eigenvalue weighted by atomic mass is 16.6. The molecule has 5 rings (SSSR count). The lowest BCUT2D eigenvalue weighted by molar-refractivity contribution is -0.266. The van der Waals surface area contributed by atoms with Gasteiger partial charge < -0.3 is 43.9 Å². The number of carbonyl (C=O) groups excluding carboxylic acids is 5. The van der Waals surface area contributed by atoms with Crippen LogP contribution < -0.4 is 0 Å². The van der Waals surface area contributed by atoms with Gasteiger partial charge in [0.1, 0.15) is 30.1 Å². The highest BCUT2D eigenvalue weighted by molar-refractivity contribution is 6.39. The van der Waals surface area contributed by atoms with Crippen molar-refractivity contribution in [2.75, 3.05) is 27.4 Å². The summed E-state index contributed by atoms with van der Waals surface area (Å²) >= 11 is 0. The Bertz CT molecular complexity index is 2080. The molecule has 14 nitrogen and oxygen atoms in total. The van der Waals surface area contributed by atoms with Crippen LogP contribution in [0.2, 0.25) is 0 Å². The predicted octanol–water partition coefficient (Wildman–Crippen LogP) is 7.79. The van der Waals surface area contributed by atoms with Crippen LogP contribution in [0.4, 0.5) is 0 Å². The molecule has 3 aliphatic heterocycles. The maximum atomic E-state index is 14.5. The van der Waals surface area contributed by atoms with E-state index in [1.54, 1.807) is 34.0 Å². The number of esters is 1. The van der Waals surface area contributed by atoms with Crippen LogP contribution in [0.25, 0.3) is 0 Å². The zero-order valence-electron chi connectivity index (χ0n) is 44.4. The van der Waals surface area contributed by atoms with Gasteiger partial charge in [0, 0.05) is 51.4 Å². The number of amides is 1. The predicted molar refractivity (Wildman–Crippen MR) is 274 cm³/mol. The van der Waals surface area contributed by atoms with Gasteiger partial charge in [0.05, 0.1) is 31.0 Å². The van der Waals surface area contributed by atoms with E-state index in [1.165, 1.54) is 12.0 Å². The monoisotopic (exact) mass is 1000 g/mol. The van der Waals surface area contributed by atoms with Gasteiger partial charge in [-0.2, -0.15) is 0 Å². The van der Waals surface area contributed by atoms with Crippen molar-refractivity contribution in [3.05, 3.63) is 83.5 Å². The number of cyclic esters (lactones) is 1. The van der Waals surface area contributed by atoms with Gasteiger partial charge in [-0.1, -0.05) is 101 Å². The van der Waals surface area contributed by atoms with Crippen LogP contribution in [-0.2, 0) is 54.1 Å². The van der Waals surface area contributed by atoms with Crippen LogP contribution in [0.3, 0.4) is 0 Å². The third-order valence-electron chi connectivity index (χ3n) is 15.7. The van der Waals surface area contributed by atoms with Crippen molar-refractivity contribution in [1.29, 1.82) is 0 Å². The van der Waals surface area contributed by atoms with Crippen LogP contribution in [0.1, 0.15) is 131 Å². The first-order chi connectivity index (χ1) is 34.3. The molecule has 3 N–H and O–H groups in total. The van der Waals surface area contributed by atoms with E-state index in [-0.39, 0.29) is 54.8 Å². The number of methoxy groups -OCH3 is 2. The van der Waals surface area contributed by atoms with Crippen LogP contribution in [0.15, 0.2) is 77.9 Å². The lowest BCUT2D eigenvalue weighted by Gasteiger charge is -2.43.